The molecule has 0 fully saturated rings. The van der Waals surface area contributed by atoms with Gasteiger partial charge in [0.1, 0.15) is 0 Å². The first-order valence-corrected chi connectivity index (χ1v) is 8.45. The van der Waals surface area contributed by atoms with Crippen LogP contribution in [0.15, 0.2) is 42.5 Å². The van der Waals surface area contributed by atoms with Crippen LogP contribution in [-0.4, -0.2) is 24.3 Å². The first-order chi connectivity index (χ1) is 12.4. The van der Waals surface area contributed by atoms with Gasteiger partial charge in [-0.1, -0.05) is 31.2 Å². The molecule has 0 spiro atoms. The predicted molar refractivity (Wildman–Crippen MR) is 102 cm³/mol. The van der Waals surface area contributed by atoms with Crippen LogP contribution in [0, 0.1) is 13.8 Å². The summed E-state index contributed by atoms with van der Waals surface area (Å²) in [5.74, 6) is -0.809. The number of hydrogen-bond donors (Lipinski definition) is 3. The Kier molecular flexibility index (Phi) is 6.49. The monoisotopic (exact) mass is 353 g/mol. The summed E-state index contributed by atoms with van der Waals surface area (Å²) in [6, 6.07) is 12.3. The van der Waals surface area contributed by atoms with E-state index < -0.39 is 0 Å². The van der Waals surface area contributed by atoms with Gasteiger partial charge >= 0.3 is 0 Å². The minimum atomic E-state index is -0.380. The van der Waals surface area contributed by atoms with Crippen LogP contribution < -0.4 is 16.0 Å². The summed E-state index contributed by atoms with van der Waals surface area (Å²) >= 11 is 0. The van der Waals surface area contributed by atoms with E-state index in [1.807, 2.05) is 32.0 Å². The molecule has 2 rings (SSSR count). The molecule has 0 aromatic heterocycles. The highest BCUT2D eigenvalue weighted by atomic mass is 16.2. The lowest BCUT2D eigenvalue weighted by Gasteiger charge is -2.12. The molecule has 3 N–H and O–H groups in total. The number of rotatable bonds is 6. The van der Waals surface area contributed by atoms with E-state index in [4.69, 9.17) is 0 Å². The molecule has 0 saturated carbocycles. The lowest BCUT2D eigenvalue weighted by Crippen LogP contribution is -2.33. The van der Waals surface area contributed by atoms with Crippen molar-refractivity contribution in [2.75, 3.05) is 17.2 Å². The molecule has 0 saturated heterocycles. The molecule has 2 aromatic rings. The van der Waals surface area contributed by atoms with E-state index in [2.05, 4.69) is 16.0 Å². The van der Waals surface area contributed by atoms with E-state index >= 15 is 0 Å². The molecule has 26 heavy (non-hydrogen) atoms. The zero-order valence-corrected chi connectivity index (χ0v) is 15.2. The number of aryl methyl sites for hydroxylation is 2. The topological polar surface area (TPSA) is 87.3 Å². The van der Waals surface area contributed by atoms with Crippen LogP contribution in [0.25, 0.3) is 0 Å². The number of hydrogen-bond acceptors (Lipinski definition) is 3. The minimum Gasteiger partial charge on any atom is -0.343 e. The Bertz CT molecular complexity index is 811. The number of amides is 3. The molecule has 0 atom stereocenters. The Morgan fingerprint density at radius 1 is 0.885 bits per heavy atom. The van der Waals surface area contributed by atoms with E-state index in [0.717, 1.165) is 16.8 Å². The fourth-order valence-electron chi connectivity index (χ4n) is 2.45. The second kappa shape index (κ2) is 8.80. The third-order valence-corrected chi connectivity index (χ3v) is 3.88. The van der Waals surface area contributed by atoms with Crippen molar-refractivity contribution in [3.63, 3.8) is 0 Å². The van der Waals surface area contributed by atoms with Crippen molar-refractivity contribution >= 4 is 29.1 Å². The third-order valence-electron chi connectivity index (χ3n) is 3.88. The van der Waals surface area contributed by atoms with Gasteiger partial charge in [-0.3, -0.25) is 14.4 Å². The SMILES string of the molecule is CCC(=O)Nc1cccc(C(=O)NCC(=O)Nc2c(C)cccc2C)c1. The van der Waals surface area contributed by atoms with E-state index in [-0.39, 0.29) is 24.3 Å². The highest BCUT2D eigenvalue weighted by Gasteiger charge is 2.11. The largest absolute Gasteiger partial charge is 0.343 e. The van der Waals surface area contributed by atoms with Gasteiger partial charge in [-0.05, 0) is 43.2 Å². The maximum Gasteiger partial charge on any atom is 0.251 e. The molecule has 0 unspecified atom stereocenters. The van der Waals surface area contributed by atoms with Crippen LogP contribution >= 0.6 is 0 Å². The molecule has 136 valence electrons. The number of anilines is 2. The Hall–Kier alpha value is -3.15. The summed E-state index contributed by atoms with van der Waals surface area (Å²) < 4.78 is 0. The molecule has 0 heterocycles. The van der Waals surface area contributed by atoms with Gasteiger partial charge in [-0.15, -0.1) is 0 Å². The standard InChI is InChI=1S/C20H23N3O3/c1-4-17(24)22-16-10-6-9-15(11-16)20(26)21-12-18(25)23-19-13(2)7-5-8-14(19)3/h5-11H,4,12H2,1-3H3,(H,21,26)(H,22,24)(H,23,25). The summed E-state index contributed by atoms with van der Waals surface area (Å²) in [6.07, 6.45) is 0.356. The maximum absolute atomic E-state index is 12.2. The average molecular weight is 353 g/mol. The molecule has 6 heteroatoms. The Labute approximate surface area is 153 Å². The number of para-hydroxylation sites is 1. The molecule has 2 aromatic carbocycles. The summed E-state index contributed by atoms with van der Waals surface area (Å²) in [6.45, 7) is 5.44. The van der Waals surface area contributed by atoms with Gasteiger partial charge in [0, 0.05) is 23.4 Å². The maximum atomic E-state index is 12.2. The molecule has 0 aliphatic carbocycles. The first kappa shape index (κ1) is 19.2. The van der Waals surface area contributed by atoms with E-state index in [1.54, 1.807) is 31.2 Å². The Morgan fingerprint density at radius 3 is 2.19 bits per heavy atom. The summed E-state index contributed by atoms with van der Waals surface area (Å²) in [5, 5.41) is 8.11. The molecule has 0 radical (unpaired) electrons. The van der Waals surface area contributed by atoms with Gasteiger partial charge in [0.25, 0.3) is 5.91 Å². The van der Waals surface area contributed by atoms with Crippen LogP contribution in [-0.2, 0) is 9.59 Å². The zero-order chi connectivity index (χ0) is 19.1. The van der Waals surface area contributed by atoms with Gasteiger partial charge in [0.2, 0.25) is 11.8 Å². The van der Waals surface area contributed by atoms with Gasteiger partial charge < -0.3 is 16.0 Å². The molecular weight excluding hydrogens is 330 g/mol. The fraction of sp³-hybridized carbons (Fsp3) is 0.250. The molecule has 0 aliphatic heterocycles. The van der Waals surface area contributed by atoms with Crippen LogP contribution in [0.5, 0.6) is 0 Å². The van der Waals surface area contributed by atoms with Crippen molar-refractivity contribution in [2.24, 2.45) is 0 Å². The van der Waals surface area contributed by atoms with Crippen LogP contribution in [0.4, 0.5) is 11.4 Å². The van der Waals surface area contributed by atoms with Crippen LogP contribution in [0.2, 0.25) is 0 Å². The fourth-order valence-corrected chi connectivity index (χ4v) is 2.45. The number of benzene rings is 2. The van der Waals surface area contributed by atoms with Gasteiger partial charge in [-0.2, -0.15) is 0 Å². The van der Waals surface area contributed by atoms with Crippen molar-refractivity contribution in [3.05, 3.63) is 59.2 Å². The van der Waals surface area contributed by atoms with Crippen molar-refractivity contribution in [2.45, 2.75) is 27.2 Å². The minimum absolute atomic E-state index is 0.129. The van der Waals surface area contributed by atoms with Gasteiger partial charge in [0.15, 0.2) is 0 Å². The second-order valence-electron chi connectivity index (χ2n) is 5.98. The lowest BCUT2D eigenvalue weighted by atomic mass is 10.1. The van der Waals surface area contributed by atoms with E-state index in [9.17, 15) is 14.4 Å². The predicted octanol–water partition coefficient (Wildman–Crippen LogP) is 3.02. The summed E-state index contributed by atoms with van der Waals surface area (Å²) in [4.78, 5) is 35.8. The summed E-state index contributed by atoms with van der Waals surface area (Å²) in [7, 11) is 0. The second-order valence-corrected chi connectivity index (χ2v) is 5.98. The molecule has 6 nitrogen and oxygen atoms in total. The van der Waals surface area contributed by atoms with Gasteiger partial charge in [-0.25, -0.2) is 0 Å². The first-order valence-electron chi connectivity index (χ1n) is 8.45. The number of nitrogens with one attached hydrogen (secondary N) is 3. The van der Waals surface area contributed by atoms with Gasteiger partial charge in [0.05, 0.1) is 6.54 Å². The van der Waals surface area contributed by atoms with E-state index in [1.165, 1.54) is 0 Å². The highest BCUT2D eigenvalue weighted by molar-refractivity contribution is 6.01. The van der Waals surface area contributed by atoms with Crippen LogP contribution in [0.1, 0.15) is 34.8 Å². The lowest BCUT2D eigenvalue weighted by molar-refractivity contribution is -0.116. The Balaban J connectivity index is 1.95. The molecular formula is C20H23N3O3. The molecule has 3 amide bonds. The van der Waals surface area contributed by atoms with Crippen molar-refractivity contribution < 1.29 is 14.4 Å². The van der Waals surface area contributed by atoms with Crippen molar-refractivity contribution in [1.82, 2.24) is 5.32 Å². The zero-order valence-electron chi connectivity index (χ0n) is 15.2. The van der Waals surface area contributed by atoms with Crippen molar-refractivity contribution in [1.29, 1.82) is 0 Å². The summed E-state index contributed by atoms with van der Waals surface area (Å²) in [5.41, 5.74) is 3.60. The number of carbonyl (C=O) groups is 3. The normalized spacial score (nSPS) is 10.1. The highest BCUT2D eigenvalue weighted by Crippen LogP contribution is 2.19. The third kappa shape index (κ3) is 5.17. The quantitative estimate of drug-likeness (QED) is 0.746. The average Bonchev–Trinajstić information content (AvgIpc) is 2.63. The smallest absolute Gasteiger partial charge is 0.251 e. The van der Waals surface area contributed by atoms with E-state index in [0.29, 0.717) is 17.7 Å². The van der Waals surface area contributed by atoms with Crippen LogP contribution in [0.3, 0.4) is 0 Å². The Morgan fingerprint density at radius 2 is 1.54 bits per heavy atom. The van der Waals surface area contributed by atoms with Crippen molar-refractivity contribution in [3.8, 4) is 0 Å². The molecule has 0 bridgehead atoms. The molecule has 0 aliphatic rings. The number of carbonyl (C=O) groups excluding carboxylic acids is 3.